The Morgan fingerprint density at radius 3 is 2.26 bits per heavy atom. The van der Waals surface area contributed by atoms with Crippen LogP contribution in [0.4, 0.5) is 5.69 Å². The van der Waals surface area contributed by atoms with Gasteiger partial charge in [-0.1, -0.05) is 35.9 Å². The molecule has 2 N–H and O–H groups in total. The van der Waals surface area contributed by atoms with Gasteiger partial charge in [0.15, 0.2) is 6.54 Å². The minimum atomic E-state index is 0.0286. The number of rotatable bonds is 4. The van der Waals surface area contributed by atoms with E-state index in [1.54, 1.807) is 0 Å². The van der Waals surface area contributed by atoms with Gasteiger partial charge < -0.3 is 15.1 Å². The highest BCUT2D eigenvalue weighted by Gasteiger charge is 2.26. The van der Waals surface area contributed by atoms with Crippen LogP contribution >= 0.6 is 0 Å². The molecule has 0 radical (unpaired) electrons. The first kappa shape index (κ1) is 19.1. The molecule has 5 heteroatoms. The van der Waals surface area contributed by atoms with E-state index in [0.29, 0.717) is 19.6 Å². The molecule has 0 atom stereocenters. The number of amides is 2. The van der Waals surface area contributed by atoms with Crippen molar-refractivity contribution in [3.05, 3.63) is 64.7 Å². The number of carbonyl (C=O) groups is 2. The highest BCUT2D eigenvalue weighted by molar-refractivity contribution is 5.94. The summed E-state index contributed by atoms with van der Waals surface area (Å²) in [4.78, 5) is 28.2. The minimum Gasteiger partial charge on any atom is -0.327 e. The average molecular weight is 366 g/mol. The van der Waals surface area contributed by atoms with Gasteiger partial charge in [-0.3, -0.25) is 9.59 Å². The maximum absolute atomic E-state index is 12.6. The number of para-hydroxylation sites is 1. The van der Waals surface area contributed by atoms with E-state index >= 15 is 0 Å². The Bertz CT molecular complexity index is 819. The monoisotopic (exact) mass is 366 g/mol. The summed E-state index contributed by atoms with van der Waals surface area (Å²) < 4.78 is 0. The fraction of sp³-hybridized carbons (Fsp3) is 0.364. The predicted molar refractivity (Wildman–Crippen MR) is 107 cm³/mol. The molecule has 1 saturated heterocycles. The number of nitrogens with one attached hydrogen (secondary N) is 2. The van der Waals surface area contributed by atoms with E-state index < -0.39 is 0 Å². The summed E-state index contributed by atoms with van der Waals surface area (Å²) >= 11 is 0. The fourth-order valence-corrected chi connectivity index (χ4v) is 3.59. The highest BCUT2D eigenvalue weighted by Crippen LogP contribution is 2.18. The van der Waals surface area contributed by atoms with Crippen LogP contribution in [0.3, 0.4) is 0 Å². The molecule has 2 amide bonds. The van der Waals surface area contributed by atoms with Crippen molar-refractivity contribution < 1.29 is 14.5 Å². The van der Waals surface area contributed by atoms with Crippen LogP contribution in [0.1, 0.15) is 27.0 Å². The van der Waals surface area contributed by atoms with Gasteiger partial charge in [-0.25, -0.2) is 0 Å². The molecule has 1 aliphatic rings. The molecule has 2 aromatic rings. The van der Waals surface area contributed by atoms with Crippen molar-refractivity contribution in [1.82, 2.24) is 4.90 Å². The molecule has 2 aromatic carbocycles. The van der Waals surface area contributed by atoms with Crippen molar-refractivity contribution in [2.24, 2.45) is 0 Å². The largest absolute Gasteiger partial charge is 0.327 e. The summed E-state index contributed by atoms with van der Waals surface area (Å²) in [5.74, 6) is 0.110. The summed E-state index contributed by atoms with van der Waals surface area (Å²) in [5.41, 5.74) is 4.90. The zero-order chi connectivity index (χ0) is 19.4. The van der Waals surface area contributed by atoms with Gasteiger partial charge in [-0.05, 0) is 44.0 Å². The third-order valence-electron chi connectivity index (χ3n) is 5.18. The third kappa shape index (κ3) is 4.74. The molecule has 0 aromatic heterocycles. The number of aryl methyl sites for hydroxylation is 3. The number of nitrogens with zero attached hydrogens (tertiary/aromatic N) is 1. The van der Waals surface area contributed by atoms with Crippen LogP contribution in [0.25, 0.3) is 0 Å². The van der Waals surface area contributed by atoms with Crippen molar-refractivity contribution in [2.45, 2.75) is 20.8 Å². The first-order chi connectivity index (χ1) is 12.9. The molecule has 142 valence electrons. The molecular formula is C22H28N3O2+. The number of hydrogen-bond donors (Lipinski definition) is 2. The molecule has 1 fully saturated rings. The number of hydrogen-bond acceptors (Lipinski definition) is 2. The molecule has 0 unspecified atom stereocenters. The summed E-state index contributed by atoms with van der Waals surface area (Å²) in [6.45, 7) is 9.37. The molecule has 0 bridgehead atoms. The lowest BCUT2D eigenvalue weighted by molar-refractivity contribution is -0.895. The second kappa shape index (κ2) is 8.35. The van der Waals surface area contributed by atoms with Crippen LogP contribution in [0.15, 0.2) is 42.5 Å². The Morgan fingerprint density at radius 1 is 1.00 bits per heavy atom. The number of benzene rings is 2. The van der Waals surface area contributed by atoms with Gasteiger partial charge >= 0.3 is 0 Å². The molecule has 5 nitrogen and oxygen atoms in total. The fourth-order valence-electron chi connectivity index (χ4n) is 3.59. The van der Waals surface area contributed by atoms with Crippen molar-refractivity contribution >= 4 is 17.5 Å². The zero-order valence-electron chi connectivity index (χ0n) is 16.3. The Hall–Kier alpha value is -2.66. The third-order valence-corrected chi connectivity index (χ3v) is 5.18. The van der Waals surface area contributed by atoms with Crippen molar-refractivity contribution in [2.75, 3.05) is 38.0 Å². The van der Waals surface area contributed by atoms with Crippen LogP contribution in [-0.4, -0.2) is 49.4 Å². The molecule has 1 aliphatic heterocycles. The van der Waals surface area contributed by atoms with Crippen LogP contribution in [0, 0.1) is 20.8 Å². The first-order valence-electron chi connectivity index (χ1n) is 9.49. The van der Waals surface area contributed by atoms with Crippen molar-refractivity contribution in [3.8, 4) is 0 Å². The molecule has 1 heterocycles. The highest BCUT2D eigenvalue weighted by atomic mass is 16.2. The lowest BCUT2D eigenvalue weighted by atomic mass is 10.1. The Morgan fingerprint density at radius 2 is 1.63 bits per heavy atom. The SMILES string of the molecule is Cc1cccc(C(=O)N2CC[NH+](CC(=O)Nc3c(C)cccc3C)CC2)c1. The summed E-state index contributed by atoms with van der Waals surface area (Å²) in [6, 6.07) is 13.7. The van der Waals surface area contributed by atoms with Crippen LogP contribution < -0.4 is 10.2 Å². The zero-order valence-corrected chi connectivity index (χ0v) is 16.3. The van der Waals surface area contributed by atoms with E-state index in [0.717, 1.165) is 41.0 Å². The van der Waals surface area contributed by atoms with Crippen molar-refractivity contribution in [3.63, 3.8) is 0 Å². The van der Waals surface area contributed by atoms with E-state index in [1.165, 1.54) is 4.90 Å². The predicted octanol–water partition coefficient (Wildman–Crippen LogP) is 1.59. The van der Waals surface area contributed by atoms with E-state index in [2.05, 4.69) is 5.32 Å². The van der Waals surface area contributed by atoms with Gasteiger partial charge in [0, 0.05) is 11.3 Å². The van der Waals surface area contributed by atoms with E-state index in [9.17, 15) is 9.59 Å². The van der Waals surface area contributed by atoms with Gasteiger partial charge in [0.25, 0.3) is 11.8 Å². The number of anilines is 1. The smallest absolute Gasteiger partial charge is 0.279 e. The van der Waals surface area contributed by atoms with Gasteiger partial charge in [-0.15, -0.1) is 0 Å². The average Bonchev–Trinajstić information content (AvgIpc) is 2.65. The number of carbonyl (C=O) groups excluding carboxylic acids is 2. The molecular weight excluding hydrogens is 338 g/mol. The molecule has 0 saturated carbocycles. The first-order valence-corrected chi connectivity index (χ1v) is 9.49. The number of quaternary nitrogens is 1. The molecule has 0 aliphatic carbocycles. The van der Waals surface area contributed by atoms with E-state index in [1.807, 2.05) is 68.1 Å². The van der Waals surface area contributed by atoms with Gasteiger partial charge in [0.05, 0.1) is 26.2 Å². The van der Waals surface area contributed by atoms with Crippen LogP contribution in [0.2, 0.25) is 0 Å². The Kier molecular flexibility index (Phi) is 5.91. The maximum Gasteiger partial charge on any atom is 0.279 e. The lowest BCUT2D eigenvalue weighted by Crippen LogP contribution is -3.15. The van der Waals surface area contributed by atoms with E-state index in [4.69, 9.17) is 0 Å². The van der Waals surface area contributed by atoms with Gasteiger partial charge in [0.2, 0.25) is 0 Å². The Balaban J connectivity index is 1.52. The summed E-state index contributed by atoms with van der Waals surface area (Å²) in [5, 5.41) is 3.05. The summed E-state index contributed by atoms with van der Waals surface area (Å²) in [6.07, 6.45) is 0. The standard InChI is InChI=1S/C22H27N3O2/c1-16-6-4-9-19(14-16)22(27)25-12-10-24(11-13-25)15-20(26)23-21-17(2)7-5-8-18(21)3/h4-9,14H,10-13,15H2,1-3H3,(H,23,26)/p+1. The normalized spacial score (nSPS) is 14.9. The topological polar surface area (TPSA) is 53.9 Å². The van der Waals surface area contributed by atoms with Crippen LogP contribution in [0.5, 0.6) is 0 Å². The minimum absolute atomic E-state index is 0.0286. The second-order valence-corrected chi connectivity index (χ2v) is 7.40. The van der Waals surface area contributed by atoms with Gasteiger partial charge in [0.1, 0.15) is 0 Å². The number of piperazine rings is 1. The molecule has 27 heavy (non-hydrogen) atoms. The van der Waals surface area contributed by atoms with Crippen molar-refractivity contribution in [1.29, 1.82) is 0 Å². The summed E-state index contributed by atoms with van der Waals surface area (Å²) in [7, 11) is 0. The van der Waals surface area contributed by atoms with Crippen LogP contribution in [-0.2, 0) is 4.79 Å². The Labute approximate surface area is 161 Å². The second-order valence-electron chi connectivity index (χ2n) is 7.40. The maximum atomic E-state index is 12.6. The lowest BCUT2D eigenvalue weighted by Gasteiger charge is -2.32. The van der Waals surface area contributed by atoms with Gasteiger partial charge in [-0.2, -0.15) is 0 Å². The quantitative estimate of drug-likeness (QED) is 0.864. The molecule has 3 rings (SSSR count). The molecule has 0 spiro atoms. The van der Waals surface area contributed by atoms with E-state index in [-0.39, 0.29) is 11.8 Å².